The molecule has 16 nitrogen and oxygen atoms in total. The lowest BCUT2D eigenvalue weighted by Crippen LogP contribution is -2.27. The zero-order valence-electron chi connectivity index (χ0n) is 32.6. The van der Waals surface area contributed by atoms with Crippen molar-refractivity contribution >= 4 is 34.4 Å². The Hall–Kier alpha value is -5.77. The predicted octanol–water partition coefficient (Wildman–Crippen LogP) is 5.98. The van der Waals surface area contributed by atoms with E-state index in [4.69, 9.17) is 34.9 Å². The highest BCUT2D eigenvalue weighted by atomic mass is 16.6. The van der Waals surface area contributed by atoms with E-state index in [1.54, 1.807) is 6.20 Å². The number of nitrogens with zero attached hydrogens (tertiary/aromatic N) is 4. The van der Waals surface area contributed by atoms with Gasteiger partial charge < -0.3 is 45.2 Å². The highest BCUT2D eigenvalue weighted by molar-refractivity contribution is 6.00. The number of aromatic nitrogens is 1. The van der Waals surface area contributed by atoms with Gasteiger partial charge in [0.2, 0.25) is 11.8 Å². The number of rotatable bonds is 26. The topological polar surface area (TPSA) is 229 Å². The Kier molecular flexibility index (Phi) is 21.6. The smallest absolute Gasteiger partial charge is 0.305 e. The van der Waals surface area contributed by atoms with Gasteiger partial charge >= 0.3 is 5.97 Å². The highest BCUT2D eigenvalue weighted by Gasteiger charge is 2.17. The van der Waals surface area contributed by atoms with Gasteiger partial charge in [-0.2, -0.15) is 0 Å². The number of pyridine rings is 1. The van der Waals surface area contributed by atoms with Gasteiger partial charge in [-0.25, -0.2) is 4.98 Å². The van der Waals surface area contributed by atoms with Crippen LogP contribution in [0.2, 0.25) is 0 Å². The van der Waals surface area contributed by atoms with Gasteiger partial charge in [0.25, 0.3) is 0 Å². The largest absolute Gasteiger partial charge is 0.491 e. The van der Waals surface area contributed by atoms with Gasteiger partial charge in [-0.3, -0.25) is 14.4 Å². The monoisotopic (exact) mass is 787 g/mol. The number of carboxylic acid groups (broad SMARTS) is 1. The summed E-state index contributed by atoms with van der Waals surface area (Å²) >= 11 is 0. The van der Waals surface area contributed by atoms with E-state index >= 15 is 0 Å². The summed E-state index contributed by atoms with van der Waals surface area (Å²) in [5.41, 5.74) is 17.1. The molecule has 2 amide bonds. The molecule has 4 aromatic rings. The number of primary amides is 1. The first-order chi connectivity index (χ1) is 27.7. The van der Waals surface area contributed by atoms with Crippen LogP contribution < -0.4 is 21.1 Å². The number of carbonyl (C=O) groups is 3. The summed E-state index contributed by atoms with van der Waals surface area (Å²) in [6.07, 6.45) is 2.72. The zero-order valence-corrected chi connectivity index (χ0v) is 32.6. The number of ether oxygens (including phenoxy) is 5. The van der Waals surface area contributed by atoms with Crippen LogP contribution in [0.4, 0.5) is 5.82 Å². The summed E-state index contributed by atoms with van der Waals surface area (Å²) in [4.78, 5) is 40.1. The molecule has 0 aliphatic carbocycles. The summed E-state index contributed by atoms with van der Waals surface area (Å²) in [6.45, 7) is 8.28. The molecule has 3 aromatic carbocycles. The fraction of sp³-hybridized carbons (Fsp3) is 0.415. The number of azide groups is 1. The molecular formula is C41H53N7O9. The molecule has 0 aliphatic rings. The van der Waals surface area contributed by atoms with Gasteiger partial charge in [0.05, 0.1) is 65.3 Å². The SMILES string of the molecule is CC(=O)N[C@@H](CC(=O)O)c1ccc(-c2ccc(OCCOCCOCCOCCOCCN=[N+]=[N-])c3ccccc23)cc1.Cc1ccnc(NCCCC(N)=O)c1. The van der Waals surface area contributed by atoms with Gasteiger partial charge in [0, 0.05) is 42.9 Å². The summed E-state index contributed by atoms with van der Waals surface area (Å²) in [7, 11) is 0. The van der Waals surface area contributed by atoms with E-state index in [-0.39, 0.29) is 18.2 Å². The Morgan fingerprint density at radius 2 is 1.49 bits per heavy atom. The number of carbonyl (C=O) groups excluding carboxylic acids is 2. The number of aryl methyl sites for hydroxylation is 1. The molecule has 16 heteroatoms. The van der Waals surface area contributed by atoms with Crippen molar-refractivity contribution in [1.29, 1.82) is 0 Å². The van der Waals surface area contributed by atoms with Gasteiger partial charge in [-0.1, -0.05) is 59.7 Å². The first kappa shape index (κ1) is 45.6. The lowest BCUT2D eigenvalue weighted by atomic mass is 9.95. The van der Waals surface area contributed by atoms with E-state index in [0.717, 1.165) is 57.6 Å². The van der Waals surface area contributed by atoms with Crippen molar-refractivity contribution in [2.45, 2.75) is 39.2 Å². The highest BCUT2D eigenvalue weighted by Crippen LogP contribution is 2.35. The Balaban J connectivity index is 0.000000522. The van der Waals surface area contributed by atoms with Crippen LogP contribution in [0, 0.1) is 6.92 Å². The number of benzene rings is 3. The average molecular weight is 788 g/mol. The van der Waals surface area contributed by atoms with Crippen molar-refractivity contribution in [3.63, 3.8) is 0 Å². The minimum absolute atomic E-state index is 0.195. The van der Waals surface area contributed by atoms with Crippen LogP contribution in [-0.2, 0) is 33.3 Å². The number of anilines is 1. The predicted molar refractivity (Wildman–Crippen MR) is 217 cm³/mol. The number of nitrogens with one attached hydrogen (secondary N) is 2. The maximum absolute atomic E-state index is 11.6. The van der Waals surface area contributed by atoms with Crippen molar-refractivity contribution in [1.82, 2.24) is 10.3 Å². The van der Waals surface area contributed by atoms with Crippen LogP contribution in [-0.4, -0.2) is 100 Å². The van der Waals surface area contributed by atoms with Crippen LogP contribution in [0.1, 0.15) is 43.4 Å². The van der Waals surface area contributed by atoms with E-state index in [1.165, 1.54) is 6.92 Å². The van der Waals surface area contributed by atoms with Crippen molar-refractivity contribution in [3.8, 4) is 16.9 Å². The number of amides is 2. The fourth-order valence-electron chi connectivity index (χ4n) is 5.45. The van der Waals surface area contributed by atoms with Gasteiger partial charge in [0.1, 0.15) is 18.2 Å². The Morgan fingerprint density at radius 1 is 0.860 bits per heavy atom. The lowest BCUT2D eigenvalue weighted by molar-refractivity contribution is -0.137. The third kappa shape index (κ3) is 18.6. The normalized spacial score (nSPS) is 11.1. The third-order valence-corrected chi connectivity index (χ3v) is 8.09. The fourth-order valence-corrected chi connectivity index (χ4v) is 5.45. The summed E-state index contributed by atoms with van der Waals surface area (Å²) in [5, 5.41) is 20.4. The second-order valence-electron chi connectivity index (χ2n) is 12.6. The first-order valence-corrected chi connectivity index (χ1v) is 18.7. The third-order valence-electron chi connectivity index (χ3n) is 8.09. The molecule has 4 rings (SSSR count). The molecular weight excluding hydrogens is 734 g/mol. The lowest BCUT2D eigenvalue weighted by Gasteiger charge is -2.17. The second kappa shape index (κ2) is 26.9. The van der Waals surface area contributed by atoms with Crippen molar-refractivity contribution in [2.24, 2.45) is 10.8 Å². The molecule has 0 saturated carbocycles. The summed E-state index contributed by atoms with van der Waals surface area (Å²) < 4.78 is 27.8. The number of aliphatic carboxylic acids is 1. The standard InChI is InChI=1S/C31H38N4O8.C10H15N3O/c1-23(36)34-29(22-31(37)38)25-8-6-24(7-9-25)26-10-11-30(28-5-3-2-4-27(26)28)43-21-20-42-19-18-41-17-16-40-15-14-39-13-12-33-35-32;1-8-4-6-13-10(7-8)12-5-2-3-9(11)14/h2-11,29H,12-22H2,1H3,(H,34,36)(H,37,38);4,6-7H,2-3,5H2,1H3,(H2,11,14)(H,12,13)/t29-;/m0./s1. The Bertz CT molecular complexity index is 1860. The van der Waals surface area contributed by atoms with Crippen molar-refractivity contribution in [2.75, 3.05) is 77.9 Å². The number of hydrogen-bond acceptors (Lipinski definition) is 11. The number of carboxylic acids is 1. The molecule has 0 aliphatic heterocycles. The number of fused-ring (bicyclic) bond motifs is 1. The maximum Gasteiger partial charge on any atom is 0.305 e. The molecule has 0 unspecified atom stereocenters. The van der Waals surface area contributed by atoms with E-state index in [1.807, 2.05) is 79.7 Å². The van der Waals surface area contributed by atoms with Crippen LogP contribution in [0.15, 0.2) is 84.1 Å². The zero-order chi connectivity index (χ0) is 41.1. The van der Waals surface area contributed by atoms with E-state index in [0.29, 0.717) is 72.4 Å². The van der Waals surface area contributed by atoms with Crippen molar-refractivity contribution in [3.05, 3.63) is 101 Å². The van der Waals surface area contributed by atoms with Crippen LogP contribution in [0.25, 0.3) is 32.3 Å². The molecule has 0 saturated heterocycles. The number of nitrogens with two attached hydrogens (primary N) is 1. The average Bonchev–Trinajstić information content (AvgIpc) is 3.19. The summed E-state index contributed by atoms with van der Waals surface area (Å²) in [5.74, 6) is 0.0710. The number of hydrogen-bond donors (Lipinski definition) is 4. The molecule has 1 heterocycles. The molecule has 5 N–H and O–H groups in total. The van der Waals surface area contributed by atoms with Gasteiger partial charge in [0.15, 0.2) is 0 Å². The molecule has 1 aromatic heterocycles. The molecule has 1 atom stereocenters. The van der Waals surface area contributed by atoms with Gasteiger partial charge in [-0.15, -0.1) is 0 Å². The van der Waals surface area contributed by atoms with Crippen LogP contribution in [0.5, 0.6) is 5.75 Å². The Morgan fingerprint density at radius 3 is 2.09 bits per heavy atom. The quantitative estimate of drug-likeness (QED) is 0.0250. The van der Waals surface area contributed by atoms with Crippen LogP contribution in [0.3, 0.4) is 0 Å². The molecule has 57 heavy (non-hydrogen) atoms. The summed E-state index contributed by atoms with van der Waals surface area (Å²) in [6, 6.07) is 22.8. The molecule has 0 bridgehead atoms. The first-order valence-electron chi connectivity index (χ1n) is 18.7. The molecule has 0 spiro atoms. The molecule has 0 fully saturated rings. The minimum atomic E-state index is -0.982. The van der Waals surface area contributed by atoms with Crippen LogP contribution >= 0.6 is 0 Å². The molecule has 0 radical (unpaired) electrons. The van der Waals surface area contributed by atoms with E-state index in [9.17, 15) is 19.5 Å². The molecule has 306 valence electrons. The maximum atomic E-state index is 11.6. The Labute approximate surface area is 332 Å². The van der Waals surface area contributed by atoms with E-state index in [2.05, 4.69) is 25.6 Å². The van der Waals surface area contributed by atoms with Crippen molar-refractivity contribution < 1.29 is 43.2 Å². The van der Waals surface area contributed by atoms with Gasteiger partial charge in [-0.05, 0) is 64.7 Å². The van der Waals surface area contributed by atoms with E-state index < -0.39 is 12.0 Å². The minimum Gasteiger partial charge on any atom is -0.491 e. The second-order valence-corrected chi connectivity index (χ2v) is 12.6.